The Hall–Kier alpha value is -5.13. The van der Waals surface area contributed by atoms with Gasteiger partial charge in [0.2, 0.25) is 0 Å². The molecule has 0 amide bonds. The van der Waals surface area contributed by atoms with E-state index in [1.165, 1.54) is 89.9 Å². The molecule has 0 bridgehead atoms. The predicted octanol–water partition coefficient (Wildman–Crippen LogP) is 20.2. The number of carbonyl (C=O) groups is 4. The molecule has 16 aliphatic rings. The molecule has 23 heteroatoms. The topological polar surface area (TPSA) is 272 Å². The Bertz CT molecular complexity index is 3920. The molecule has 32 atom stereocenters. The minimum atomic E-state index is -2.64. The number of nitrogens with zero attached hydrogens (tertiary/aromatic N) is 12. The molecular formula is C101H163F3N12O8. The molecule has 12 unspecified atom stereocenters. The molecule has 16 fully saturated rings. The van der Waals surface area contributed by atoms with Gasteiger partial charge in [-0.2, -0.15) is 0 Å². The second-order valence-corrected chi connectivity index (χ2v) is 43.5. The van der Waals surface area contributed by atoms with Gasteiger partial charge in [0.05, 0.1) is 41.6 Å². The van der Waals surface area contributed by atoms with E-state index in [2.05, 4.69) is 75.9 Å². The van der Waals surface area contributed by atoms with Crippen LogP contribution in [0.4, 0.5) is 13.2 Å². The number of aromatic nitrogens is 12. The summed E-state index contributed by atoms with van der Waals surface area (Å²) in [6, 6.07) is 0. The molecular weight excluding hydrogens is 1570 g/mol. The van der Waals surface area contributed by atoms with Gasteiger partial charge in [-0.05, 0) is 385 Å². The molecule has 4 heterocycles. The summed E-state index contributed by atoms with van der Waals surface area (Å²) in [6.07, 6.45) is 49.6. The van der Waals surface area contributed by atoms with Crippen molar-refractivity contribution in [3.8, 4) is 0 Å². The monoisotopic (exact) mass is 1730 g/mol. The zero-order valence-electron chi connectivity index (χ0n) is 78.7. The fourth-order valence-electron chi connectivity index (χ4n) is 33.0. The van der Waals surface area contributed by atoms with Crippen LogP contribution in [0.1, 0.15) is 335 Å². The van der Waals surface area contributed by atoms with Gasteiger partial charge in [-0.3, -0.25) is 19.2 Å². The number of Topliss-reactive ketones (excluding diaryl/α,β-unsaturated/α-hetero) is 4. The summed E-state index contributed by atoms with van der Waals surface area (Å²) in [4.78, 5) is 52.5. The van der Waals surface area contributed by atoms with Crippen LogP contribution in [0.25, 0.3) is 0 Å². The molecule has 4 aromatic heterocycles. The number of halogens is 3. The first-order chi connectivity index (χ1) is 59.6. The Labute approximate surface area is 741 Å². The van der Waals surface area contributed by atoms with E-state index in [9.17, 15) is 52.8 Å². The molecule has 4 N–H and O–H groups in total. The van der Waals surface area contributed by atoms with Gasteiger partial charge in [0, 0.05) is 48.5 Å². The van der Waals surface area contributed by atoms with Crippen LogP contribution in [0.3, 0.4) is 0 Å². The van der Waals surface area contributed by atoms with Gasteiger partial charge in [0.25, 0.3) is 6.43 Å². The van der Waals surface area contributed by atoms with Crippen molar-refractivity contribution < 1.29 is 52.8 Å². The minimum absolute atomic E-state index is 0.0457. The van der Waals surface area contributed by atoms with Crippen LogP contribution in [0, 0.1) is 164 Å². The zero-order valence-corrected chi connectivity index (χ0v) is 78.7. The van der Waals surface area contributed by atoms with Crippen molar-refractivity contribution in [3.63, 3.8) is 0 Å². The van der Waals surface area contributed by atoms with E-state index in [0.717, 1.165) is 169 Å². The lowest BCUT2D eigenvalue weighted by atomic mass is 9.48. The van der Waals surface area contributed by atoms with E-state index >= 15 is 0 Å². The standard InChI is InChI=1S/C24H37N3O2.C23H33F2N3O2.C23H34FN3O2.C23H35N3O2.4C2H6/c1-3-24(29)11-9-17-16(14-24)4-5-19-18(17)8-10-23(2)20(19)6-7-21(23)22(28)15-27-13-12-25-26-27;1-22-8-6-16-15-7-9-23(30,21(24)25)12-14(15)2-3-17(16)18(22)4-5-19(22)20(29)13-28-11-10-26-27-28;1-22-8-6-17-16-7-9-23(29,14-24)12-15(16)2-3-18(17)19(22)4-5-20(22)21(28)13-27-11-10-25-26-27;1-22(28)9-7-16-15(13-22)3-4-18-17(16)8-10-23(2)19(18)5-6-20(23)21(27)14-26-12-11-24-25-26;4*1-2/h12-13,16-21,29H,3-11,14-15H2,1-2H3;10-11,14-19,21,30H,2-9,12-13H2,1H3;10-11,15-20,29H,2-9,12-14H2,1H3;11-12,15-20,28H,3-10,13-14H2,1-2H3;4*1-2H3/t16-,17-,18?,19?,20?,21+,23-,24+;14-,15-,16?,17?,18?,19+,22-,23+;15-,16-,17?,18?,19?,20+,22-,23+;15-,16-,17?,18?,19?,20+,22+,23-;;;;/m0000..../s1. The van der Waals surface area contributed by atoms with Gasteiger partial charge in [-0.15, -0.1) is 20.4 Å². The summed E-state index contributed by atoms with van der Waals surface area (Å²) in [6.45, 7) is 30.5. The van der Waals surface area contributed by atoms with Crippen molar-refractivity contribution in [2.75, 3.05) is 6.67 Å². The van der Waals surface area contributed by atoms with E-state index in [4.69, 9.17) is 0 Å². The molecule has 16 aliphatic carbocycles. The van der Waals surface area contributed by atoms with Crippen molar-refractivity contribution in [1.29, 1.82) is 0 Å². The summed E-state index contributed by atoms with van der Waals surface area (Å²) in [5, 5.41) is 73.6. The molecule has 0 radical (unpaired) electrons. The first-order valence-corrected chi connectivity index (χ1v) is 50.8. The van der Waals surface area contributed by atoms with Crippen molar-refractivity contribution >= 4 is 23.1 Å². The third-order valence-corrected chi connectivity index (χ3v) is 38.5. The van der Waals surface area contributed by atoms with Gasteiger partial charge in [0.15, 0.2) is 23.1 Å². The average molecular weight is 1730 g/mol. The second kappa shape index (κ2) is 40.3. The molecule has 0 spiro atoms. The molecule has 696 valence electrons. The van der Waals surface area contributed by atoms with E-state index in [1.807, 2.05) is 62.3 Å². The predicted molar refractivity (Wildman–Crippen MR) is 476 cm³/mol. The van der Waals surface area contributed by atoms with Crippen LogP contribution in [-0.4, -0.2) is 139 Å². The van der Waals surface area contributed by atoms with Gasteiger partial charge >= 0.3 is 0 Å². The van der Waals surface area contributed by atoms with Crippen LogP contribution in [0.5, 0.6) is 0 Å². The second-order valence-electron chi connectivity index (χ2n) is 43.5. The Balaban J connectivity index is 0.000000138. The van der Waals surface area contributed by atoms with Crippen molar-refractivity contribution in [3.05, 3.63) is 49.6 Å². The number of ketones is 4. The summed E-state index contributed by atoms with van der Waals surface area (Å²) in [5.74, 6) is 15.3. The van der Waals surface area contributed by atoms with Crippen molar-refractivity contribution in [2.45, 2.75) is 390 Å². The maximum atomic E-state index is 13.4. The quantitative estimate of drug-likeness (QED) is 0.0861. The SMILES string of the molecule is CC.CC.CC.CC.CC[C@@]1(O)CC[C@@H]2C3CC[C@@]4(C)C(CC[C@@H]4C(=O)Cn4ccnn4)C3CC[C@H]2C1.C[C@@]1(O)CC[C@@H]2C3CC[C@@]4(C)C(CC[C@@H]4C(=O)Cn4ccnn4)C3CC[C@H]2C1.C[C@]12CCC3C(CC[C@H]4C[C@@](O)(C(F)F)CC[C@H]34)C1CC[C@@H]2C(=O)Cn1ccnn1.C[C@]12CCC3C(CC[C@H]4C[C@@](O)(CF)CC[C@H]34)C1CC[C@@H]2C(=O)Cn1ccnn1. The number of aliphatic hydroxyl groups is 4. The maximum Gasteiger partial charge on any atom is 0.266 e. The highest BCUT2D eigenvalue weighted by Crippen LogP contribution is 2.70. The fourth-order valence-corrected chi connectivity index (χ4v) is 33.0. The number of rotatable bonds is 15. The third-order valence-electron chi connectivity index (χ3n) is 38.5. The maximum absolute atomic E-state index is 13.4. The van der Waals surface area contributed by atoms with Gasteiger partial charge < -0.3 is 20.4 Å². The highest BCUT2D eigenvalue weighted by molar-refractivity contribution is 5.83. The fraction of sp³-hybridized carbons (Fsp3) is 0.881. The molecule has 20 rings (SSSR count). The Morgan fingerprint density at radius 2 is 0.597 bits per heavy atom. The molecule has 0 aromatic carbocycles. The summed E-state index contributed by atoms with van der Waals surface area (Å²) in [5.41, 5.74) is -3.18. The lowest BCUT2D eigenvalue weighted by Crippen LogP contribution is -2.53. The molecule has 4 aromatic rings. The lowest BCUT2D eigenvalue weighted by molar-refractivity contribution is -0.160. The number of fused-ring (bicyclic) bond motifs is 20. The van der Waals surface area contributed by atoms with E-state index in [-0.39, 0.29) is 69.9 Å². The summed E-state index contributed by atoms with van der Waals surface area (Å²) in [7, 11) is 0. The Morgan fingerprint density at radius 3 is 0.879 bits per heavy atom. The molecule has 0 aliphatic heterocycles. The highest BCUT2D eigenvalue weighted by atomic mass is 19.3. The number of alkyl halides is 3. The van der Waals surface area contributed by atoms with Gasteiger partial charge in [-0.1, -0.05) is 111 Å². The zero-order chi connectivity index (χ0) is 89.1. The number of hydrogen-bond acceptors (Lipinski definition) is 16. The van der Waals surface area contributed by atoms with Crippen LogP contribution < -0.4 is 0 Å². The normalized spacial score (nSPS) is 43.8. The highest BCUT2D eigenvalue weighted by Gasteiger charge is 2.65. The van der Waals surface area contributed by atoms with E-state index < -0.39 is 35.5 Å². The minimum Gasteiger partial charge on any atom is -0.390 e. The van der Waals surface area contributed by atoms with Gasteiger partial charge in [0.1, 0.15) is 38.5 Å². The molecule has 16 saturated carbocycles. The Kier molecular flexibility index (Phi) is 31.3. The summed E-state index contributed by atoms with van der Waals surface area (Å²) >= 11 is 0. The number of hydrogen-bond donors (Lipinski definition) is 4. The van der Waals surface area contributed by atoms with E-state index in [1.54, 1.807) is 68.3 Å². The molecule has 20 nitrogen and oxygen atoms in total. The lowest BCUT2D eigenvalue weighted by Gasteiger charge is -2.57. The molecule has 0 saturated heterocycles. The average Bonchev–Trinajstić information content (AvgIpc) is 1.39. The van der Waals surface area contributed by atoms with Crippen LogP contribution >= 0.6 is 0 Å². The first-order valence-electron chi connectivity index (χ1n) is 50.8. The molecule has 124 heavy (non-hydrogen) atoms. The van der Waals surface area contributed by atoms with Gasteiger partial charge in [-0.25, -0.2) is 31.9 Å². The van der Waals surface area contributed by atoms with Crippen LogP contribution in [-0.2, 0) is 45.4 Å². The van der Waals surface area contributed by atoms with Crippen LogP contribution in [0.15, 0.2) is 49.6 Å². The van der Waals surface area contributed by atoms with Crippen molar-refractivity contribution in [2.24, 2.45) is 164 Å². The first kappa shape index (κ1) is 96.4. The largest absolute Gasteiger partial charge is 0.390 e. The van der Waals surface area contributed by atoms with E-state index in [0.29, 0.717) is 121 Å². The summed E-state index contributed by atoms with van der Waals surface area (Å²) < 4.78 is 46.8. The van der Waals surface area contributed by atoms with Crippen LogP contribution in [0.2, 0.25) is 0 Å². The Morgan fingerprint density at radius 1 is 0.331 bits per heavy atom. The van der Waals surface area contributed by atoms with Crippen molar-refractivity contribution in [1.82, 2.24) is 60.0 Å². The smallest absolute Gasteiger partial charge is 0.266 e. The number of carbonyl (C=O) groups excluding carboxylic acids is 4. The third kappa shape index (κ3) is 19.1.